The average molecular weight is 250 g/mol. The zero-order valence-electron chi connectivity index (χ0n) is 9.20. The molecule has 0 radical (unpaired) electrons. The summed E-state index contributed by atoms with van der Waals surface area (Å²) in [5.41, 5.74) is 0. The second kappa shape index (κ2) is 5.77. The van der Waals surface area contributed by atoms with E-state index in [2.05, 4.69) is 4.74 Å². The lowest BCUT2D eigenvalue weighted by Gasteiger charge is -2.15. The minimum Gasteiger partial charge on any atom is -0.487 e. The smallest absolute Gasteiger partial charge is 0.487 e. The third-order valence-electron chi connectivity index (χ3n) is 1.98. The SMILES string of the molecule is CCC(O)COc1ccccc1OC(F)(F)F. The van der Waals surface area contributed by atoms with Gasteiger partial charge in [0.25, 0.3) is 0 Å². The maximum absolute atomic E-state index is 12.1. The Kier molecular flexibility index (Phi) is 4.62. The monoisotopic (exact) mass is 250 g/mol. The second-order valence-corrected chi connectivity index (χ2v) is 3.37. The van der Waals surface area contributed by atoms with Gasteiger partial charge in [0.2, 0.25) is 0 Å². The van der Waals surface area contributed by atoms with Gasteiger partial charge in [-0.2, -0.15) is 0 Å². The Balaban J connectivity index is 2.71. The van der Waals surface area contributed by atoms with Gasteiger partial charge in [0, 0.05) is 0 Å². The number of aliphatic hydroxyl groups excluding tert-OH is 1. The third kappa shape index (κ3) is 4.95. The van der Waals surface area contributed by atoms with Crippen LogP contribution in [0.1, 0.15) is 13.3 Å². The van der Waals surface area contributed by atoms with Gasteiger partial charge in [-0.25, -0.2) is 0 Å². The normalized spacial score (nSPS) is 13.2. The Morgan fingerprint density at radius 3 is 2.35 bits per heavy atom. The standard InChI is InChI=1S/C11H13F3O3/c1-2-8(15)7-16-9-5-3-4-6-10(9)17-11(12,13)14/h3-6,8,15H,2,7H2,1H3. The minimum absolute atomic E-state index is 0.0441. The highest BCUT2D eigenvalue weighted by Crippen LogP contribution is 2.31. The number of alkyl halides is 3. The van der Waals surface area contributed by atoms with Gasteiger partial charge >= 0.3 is 6.36 Å². The molecule has 1 unspecified atom stereocenters. The summed E-state index contributed by atoms with van der Waals surface area (Å²) >= 11 is 0. The van der Waals surface area contributed by atoms with E-state index in [0.717, 1.165) is 6.07 Å². The van der Waals surface area contributed by atoms with Gasteiger partial charge in [0.15, 0.2) is 11.5 Å². The molecule has 3 nitrogen and oxygen atoms in total. The van der Waals surface area contributed by atoms with Gasteiger partial charge in [-0.1, -0.05) is 19.1 Å². The highest BCUT2D eigenvalue weighted by molar-refractivity contribution is 5.39. The van der Waals surface area contributed by atoms with Crippen molar-refractivity contribution in [2.24, 2.45) is 0 Å². The van der Waals surface area contributed by atoms with Crippen LogP contribution in [0.5, 0.6) is 11.5 Å². The molecular formula is C11H13F3O3. The van der Waals surface area contributed by atoms with Crippen molar-refractivity contribution in [3.63, 3.8) is 0 Å². The first-order valence-electron chi connectivity index (χ1n) is 5.08. The lowest BCUT2D eigenvalue weighted by Crippen LogP contribution is -2.19. The minimum atomic E-state index is -4.76. The molecule has 1 atom stereocenters. The lowest BCUT2D eigenvalue weighted by atomic mass is 10.3. The number of para-hydroxylation sites is 2. The molecule has 0 aliphatic rings. The van der Waals surface area contributed by atoms with Crippen LogP contribution in [0, 0.1) is 0 Å². The molecule has 0 heterocycles. The molecule has 0 saturated carbocycles. The first-order valence-corrected chi connectivity index (χ1v) is 5.08. The molecule has 0 bridgehead atoms. The Morgan fingerprint density at radius 1 is 1.24 bits per heavy atom. The van der Waals surface area contributed by atoms with Crippen LogP contribution in [0.3, 0.4) is 0 Å². The summed E-state index contributed by atoms with van der Waals surface area (Å²) in [4.78, 5) is 0. The zero-order chi connectivity index (χ0) is 12.9. The molecule has 0 fully saturated rings. The van der Waals surface area contributed by atoms with E-state index in [4.69, 9.17) is 4.74 Å². The van der Waals surface area contributed by atoms with Crippen LogP contribution in [-0.2, 0) is 0 Å². The molecule has 0 amide bonds. The zero-order valence-corrected chi connectivity index (χ0v) is 9.20. The summed E-state index contributed by atoms with van der Waals surface area (Å²) in [5.74, 6) is -0.458. The largest absolute Gasteiger partial charge is 0.573 e. The average Bonchev–Trinajstić information content (AvgIpc) is 2.25. The van der Waals surface area contributed by atoms with Crippen LogP contribution >= 0.6 is 0 Å². The summed E-state index contributed by atoms with van der Waals surface area (Å²) in [7, 11) is 0. The van der Waals surface area contributed by atoms with Gasteiger partial charge < -0.3 is 14.6 Å². The molecule has 1 rings (SSSR count). The molecule has 1 N–H and O–H groups in total. The molecule has 0 aromatic heterocycles. The molecular weight excluding hydrogens is 237 g/mol. The molecule has 0 aliphatic heterocycles. The maximum Gasteiger partial charge on any atom is 0.573 e. The molecule has 0 saturated heterocycles. The van der Waals surface area contributed by atoms with Crippen LogP contribution < -0.4 is 9.47 Å². The lowest BCUT2D eigenvalue weighted by molar-refractivity contribution is -0.275. The highest BCUT2D eigenvalue weighted by Gasteiger charge is 2.32. The van der Waals surface area contributed by atoms with Crippen LogP contribution in [0.2, 0.25) is 0 Å². The molecule has 17 heavy (non-hydrogen) atoms. The van der Waals surface area contributed by atoms with E-state index >= 15 is 0 Å². The van der Waals surface area contributed by atoms with Crippen molar-refractivity contribution in [2.45, 2.75) is 25.8 Å². The molecule has 1 aromatic rings. The fourth-order valence-electron chi connectivity index (χ4n) is 1.08. The van der Waals surface area contributed by atoms with Crippen LogP contribution in [0.25, 0.3) is 0 Å². The van der Waals surface area contributed by atoms with Crippen molar-refractivity contribution in [3.8, 4) is 11.5 Å². The van der Waals surface area contributed by atoms with Crippen molar-refractivity contribution in [2.75, 3.05) is 6.61 Å². The van der Waals surface area contributed by atoms with E-state index < -0.39 is 18.2 Å². The summed E-state index contributed by atoms with van der Waals surface area (Å²) in [5, 5.41) is 9.25. The van der Waals surface area contributed by atoms with Crippen molar-refractivity contribution in [1.29, 1.82) is 0 Å². The Hall–Kier alpha value is -1.43. The number of benzene rings is 1. The predicted octanol–water partition coefficient (Wildman–Crippen LogP) is 2.73. The van der Waals surface area contributed by atoms with Crippen molar-refractivity contribution < 1.29 is 27.8 Å². The van der Waals surface area contributed by atoms with Crippen LogP contribution in [0.15, 0.2) is 24.3 Å². The van der Waals surface area contributed by atoms with Crippen LogP contribution in [0.4, 0.5) is 13.2 Å². The quantitative estimate of drug-likeness (QED) is 0.873. The molecule has 0 aliphatic carbocycles. The summed E-state index contributed by atoms with van der Waals surface area (Å²) in [6, 6.07) is 5.44. The van der Waals surface area contributed by atoms with Crippen molar-refractivity contribution in [3.05, 3.63) is 24.3 Å². The number of halogens is 3. The number of aliphatic hydroxyl groups is 1. The van der Waals surface area contributed by atoms with E-state index in [0.29, 0.717) is 6.42 Å². The fraction of sp³-hybridized carbons (Fsp3) is 0.455. The van der Waals surface area contributed by atoms with E-state index in [1.807, 2.05) is 0 Å². The second-order valence-electron chi connectivity index (χ2n) is 3.37. The number of hydrogen-bond donors (Lipinski definition) is 1. The number of ether oxygens (including phenoxy) is 2. The molecule has 6 heteroatoms. The predicted molar refractivity (Wildman–Crippen MR) is 54.9 cm³/mol. The Morgan fingerprint density at radius 2 is 1.82 bits per heavy atom. The number of rotatable bonds is 5. The highest BCUT2D eigenvalue weighted by atomic mass is 19.4. The van der Waals surface area contributed by atoms with Gasteiger partial charge in [-0.15, -0.1) is 13.2 Å². The van der Waals surface area contributed by atoms with Crippen molar-refractivity contribution >= 4 is 0 Å². The van der Waals surface area contributed by atoms with Gasteiger partial charge in [0.1, 0.15) is 6.61 Å². The van der Waals surface area contributed by atoms with Gasteiger partial charge in [-0.05, 0) is 18.6 Å². The van der Waals surface area contributed by atoms with E-state index in [1.165, 1.54) is 18.2 Å². The van der Waals surface area contributed by atoms with Gasteiger partial charge in [-0.3, -0.25) is 0 Å². The van der Waals surface area contributed by atoms with Gasteiger partial charge in [0.05, 0.1) is 6.10 Å². The third-order valence-corrected chi connectivity index (χ3v) is 1.98. The topological polar surface area (TPSA) is 38.7 Å². The summed E-state index contributed by atoms with van der Waals surface area (Å²) < 4.78 is 45.0. The number of hydrogen-bond acceptors (Lipinski definition) is 3. The van der Waals surface area contributed by atoms with Crippen molar-refractivity contribution in [1.82, 2.24) is 0 Å². The molecule has 1 aromatic carbocycles. The first kappa shape index (κ1) is 13.6. The summed E-state index contributed by atoms with van der Waals surface area (Å²) in [6.45, 7) is 1.67. The molecule has 96 valence electrons. The Bertz CT molecular complexity index is 352. The van der Waals surface area contributed by atoms with E-state index in [-0.39, 0.29) is 12.4 Å². The summed E-state index contributed by atoms with van der Waals surface area (Å²) in [6.07, 6.45) is -5.01. The van der Waals surface area contributed by atoms with E-state index in [9.17, 15) is 18.3 Å². The maximum atomic E-state index is 12.1. The molecule has 0 spiro atoms. The van der Waals surface area contributed by atoms with Crippen LogP contribution in [-0.4, -0.2) is 24.2 Å². The fourth-order valence-corrected chi connectivity index (χ4v) is 1.08. The first-order chi connectivity index (χ1) is 7.92. The Labute approximate surface area is 96.8 Å². The van der Waals surface area contributed by atoms with E-state index in [1.54, 1.807) is 6.92 Å².